The van der Waals surface area contributed by atoms with Gasteiger partial charge in [-0.25, -0.2) is 4.79 Å². The quantitative estimate of drug-likeness (QED) is 0.882. The molecule has 4 nitrogen and oxygen atoms in total. The molecule has 18 heavy (non-hydrogen) atoms. The molecule has 2 N–H and O–H groups in total. The Bertz CT molecular complexity index is 451. The van der Waals surface area contributed by atoms with Crippen molar-refractivity contribution in [2.24, 2.45) is 5.92 Å². The monoisotopic (exact) mass is 312 g/mol. The third kappa shape index (κ3) is 3.03. The summed E-state index contributed by atoms with van der Waals surface area (Å²) < 4.78 is 0.981. The van der Waals surface area contributed by atoms with Crippen molar-refractivity contribution in [3.8, 4) is 0 Å². The van der Waals surface area contributed by atoms with E-state index in [1.54, 1.807) is 4.90 Å². The molecule has 1 aliphatic rings. The van der Waals surface area contributed by atoms with Gasteiger partial charge < -0.3 is 15.3 Å². The van der Waals surface area contributed by atoms with Crippen molar-refractivity contribution in [3.05, 3.63) is 28.2 Å². The highest BCUT2D eigenvalue weighted by molar-refractivity contribution is 9.10. The molecule has 2 amide bonds. The number of rotatable bonds is 2. The molecule has 1 fully saturated rings. The lowest BCUT2D eigenvalue weighted by Crippen LogP contribution is -2.33. The van der Waals surface area contributed by atoms with E-state index in [0.29, 0.717) is 13.1 Å². The van der Waals surface area contributed by atoms with E-state index < -0.39 is 0 Å². The number of anilines is 1. The molecule has 0 saturated carbocycles. The Morgan fingerprint density at radius 2 is 2.39 bits per heavy atom. The van der Waals surface area contributed by atoms with Crippen LogP contribution in [-0.2, 0) is 0 Å². The van der Waals surface area contributed by atoms with E-state index in [2.05, 4.69) is 21.2 Å². The van der Waals surface area contributed by atoms with Gasteiger partial charge in [0, 0.05) is 35.8 Å². The minimum atomic E-state index is -0.0956. The summed E-state index contributed by atoms with van der Waals surface area (Å²) in [7, 11) is 0. The predicted molar refractivity (Wildman–Crippen MR) is 74.7 cm³/mol. The zero-order valence-electron chi connectivity index (χ0n) is 10.3. The number of hydrogen-bond donors (Lipinski definition) is 2. The highest BCUT2D eigenvalue weighted by Crippen LogP contribution is 2.22. The lowest BCUT2D eigenvalue weighted by molar-refractivity contribution is 0.209. The van der Waals surface area contributed by atoms with Gasteiger partial charge in [0.15, 0.2) is 0 Å². The van der Waals surface area contributed by atoms with Crippen LogP contribution in [0.1, 0.15) is 12.0 Å². The Labute approximate surface area is 115 Å². The fourth-order valence-electron chi connectivity index (χ4n) is 2.04. The van der Waals surface area contributed by atoms with Gasteiger partial charge in [-0.15, -0.1) is 0 Å². The van der Waals surface area contributed by atoms with Gasteiger partial charge in [-0.2, -0.15) is 0 Å². The Morgan fingerprint density at radius 3 is 3.00 bits per heavy atom. The first-order chi connectivity index (χ1) is 8.60. The molecule has 1 unspecified atom stereocenters. The van der Waals surface area contributed by atoms with Gasteiger partial charge in [0.25, 0.3) is 0 Å². The number of benzene rings is 1. The van der Waals surface area contributed by atoms with E-state index in [9.17, 15) is 4.79 Å². The number of halogens is 1. The highest BCUT2D eigenvalue weighted by Gasteiger charge is 2.25. The number of aliphatic hydroxyl groups excluding tert-OH is 1. The van der Waals surface area contributed by atoms with Crippen LogP contribution in [0.3, 0.4) is 0 Å². The van der Waals surface area contributed by atoms with Crippen LogP contribution < -0.4 is 5.32 Å². The average Bonchev–Trinajstić information content (AvgIpc) is 2.82. The van der Waals surface area contributed by atoms with Gasteiger partial charge in [-0.05, 0) is 31.0 Å². The van der Waals surface area contributed by atoms with Gasteiger partial charge in [-0.1, -0.05) is 22.0 Å². The van der Waals surface area contributed by atoms with Crippen LogP contribution in [0.4, 0.5) is 10.5 Å². The molecule has 0 aliphatic carbocycles. The number of likely N-dealkylation sites (tertiary alicyclic amines) is 1. The molecule has 0 spiro atoms. The number of amides is 2. The topological polar surface area (TPSA) is 52.6 Å². The summed E-state index contributed by atoms with van der Waals surface area (Å²) >= 11 is 3.44. The molecule has 1 aromatic carbocycles. The molecular weight excluding hydrogens is 296 g/mol. The average molecular weight is 313 g/mol. The van der Waals surface area contributed by atoms with E-state index in [0.717, 1.165) is 22.1 Å². The van der Waals surface area contributed by atoms with E-state index in [1.165, 1.54) is 0 Å². The molecule has 2 rings (SSSR count). The lowest BCUT2D eigenvalue weighted by Gasteiger charge is -2.17. The Hall–Kier alpha value is -1.07. The van der Waals surface area contributed by atoms with Crippen molar-refractivity contribution in [3.63, 3.8) is 0 Å². The normalized spacial score (nSPS) is 19.1. The highest BCUT2D eigenvalue weighted by atomic mass is 79.9. The van der Waals surface area contributed by atoms with Crippen LogP contribution in [0.2, 0.25) is 0 Å². The van der Waals surface area contributed by atoms with E-state index in [-0.39, 0.29) is 18.6 Å². The van der Waals surface area contributed by atoms with Gasteiger partial charge in [0.2, 0.25) is 0 Å². The Balaban J connectivity index is 1.97. The number of nitrogens with one attached hydrogen (secondary N) is 1. The molecule has 1 aromatic rings. The number of aryl methyl sites for hydroxylation is 1. The van der Waals surface area contributed by atoms with Crippen LogP contribution in [0.5, 0.6) is 0 Å². The van der Waals surface area contributed by atoms with Gasteiger partial charge >= 0.3 is 6.03 Å². The SMILES string of the molecule is Cc1ccc(NC(=O)N2CCC(CO)C2)cc1Br. The zero-order valence-corrected chi connectivity index (χ0v) is 11.9. The summed E-state index contributed by atoms with van der Waals surface area (Å²) in [5.74, 6) is 0.223. The minimum absolute atomic E-state index is 0.0956. The molecule has 98 valence electrons. The van der Waals surface area contributed by atoms with Crippen LogP contribution in [0.15, 0.2) is 22.7 Å². The van der Waals surface area contributed by atoms with Crippen LogP contribution >= 0.6 is 15.9 Å². The number of hydrogen-bond acceptors (Lipinski definition) is 2. The maximum atomic E-state index is 12.0. The maximum absolute atomic E-state index is 12.0. The summed E-state index contributed by atoms with van der Waals surface area (Å²) in [4.78, 5) is 13.7. The van der Waals surface area contributed by atoms with E-state index in [4.69, 9.17) is 5.11 Å². The maximum Gasteiger partial charge on any atom is 0.321 e. The largest absolute Gasteiger partial charge is 0.396 e. The number of carbonyl (C=O) groups excluding carboxylic acids is 1. The summed E-state index contributed by atoms with van der Waals surface area (Å²) in [6.07, 6.45) is 0.877. The summed E-state index contributed by atoms with van der Waals surface area (Å²) in [5.41, 5.74) is 1.92. The molecular formula is C13H17BrN2O2. The van der Waals surface area contributed by atoms with Crippen LogP contribution in [0.25, 0.3) is 0 Å². The minimum Gasteiger partial charge on any atom is -0.396 e. The second-order valence-corrected chi connectivity index (χ2v) is 5.53. The second-order valence-electron chi connectivity index (χ2n) is 4.68. The Kier molecular flexibility index (Phi) is 4.24. The molecule has 5 heteroatoms. The number of nitrogens with zero attached hydrogens (tertiary/aromatic N) is 1. The Morgan fingerprint density at radius 1 is 1.61 bits per heavy atom. The second kappa shape index (κ2) is 5.71. The van der Waals surface area contributed by atoms with Crippen molar-refractivity contribution in [1.82, 2.24) is 4.90 Å². The first-order valence-electron chi connectivity index (χ1n) is 6.03. The van der Waals surface area contributed by atoms with Gasteiger partial charge in [0.1, 0.15) is 0 Å². The van der Waals surface area contributed by atoms with Crippen molar-refractivity contribution in [2.45, 2.75) is 13.3 Å². The van der Waals surface area contributed by atoms with Crippen molar-refractivity contribution >= 4 is 27.6 Å². The molecule has 0 radical (unpaired) electrons. The molecule has 0 aromatic heterocycles. The third-order valence-electron chi connectivity index (χ3n) is 3.25. The van der Waals surface area contributed by atoms with Crippen LogP contribution in [-0.4, -0.2) is 35.7 Å². The standard InChI is InChI=1S/C13H17BrN2O2/c1-9-2-3-11(6-12(9)14)15-13(18)16-5-4-10(7-16)8-17/h2-3,6,10,17H,4-5,7-8H2,1H3,(H,15,18). The molecule has 1 saturated heterocycles. The fraction of sp³-hybridized carbons (Fsp3) is 0.462. The lowest BCUT2D eigenvalue weighted by atomic mass is 10.1. The summed E-state index contributed by atoms with van der Waals surface area (Å²) in [6, 6.07) is 5.65. The predicted octanol–water partition coefficient (Wildman–Crippen LogP) is 2.60. The van der Waals surface area contributed by atoms with Gasteiger partial charge in [-0.3, -0.25) is 0 Å². The molecule has 0 bridgehead atoms. The fourth-order valence-corrected chi connectivity index (χ4v) is 2.42. The van der Waals surface area contributed by atoms with Crippen molar-refractivity contribution < 1.29 is 9.90 Å². The number of aliphatic hydroxyl groups is 1. The molecule has 1 aliphatic heterocycles. The molecule has 1 heterocycles. The first kappa shape index (κ1) is 13.4. The summed E-state index contributed by atoms with van der Waals surface area (Å²) in [5, 5.41) is 11.9. The van der Waals surface area contributed by atoms with Crippen molar-refractivity contribution in [1.29, 1.82) is 0 Å². The molecule has 1 atom stereocenters. The van der Waals surface area contributed by atoms with E-state index in [1.807, 2.05) is 25.1 Å². The zero-order chi connectivity index (χ0) is 13.1. The number of urea groups is 1. The first-order valence-corrected chi connectivity index (χ1v) is 6.82. The summed E-state index contributed by atoms with van der Waals surface area (Å²) in [6.45, 7) is 3.50. The smallest absolute Gasteiger partial charge is 0.321 e. The van der Waals surface area contributed by atoms with Crippen molar-refractivity contribution in [2.75, 3.05) is 25.0 Å². The number of carbonyl (C=O) groups is 1. The van der Waals surface area contributed by atoms with Gasteiger partial charge in [0.05, 0.1) is 0 Å². The third-order valence-corrected chi connectivity index (χ3v) is 4.11. The van der Waals surface area contributed by atoms with E-state index >= 15 is 0 Å². The van der Waals surface area contributed by atoms with Crippen LogP contribution in [0, 0.1) is 12.8 Å².